The Balaban J connectivity index is 1.66. The molecule has 0 spiro atoms. The van der Waals surface area contributed by atoms with Gasteiger partial charge in [0.05, 0.1) is 26.7 Å². The van der Waals surface area contributed by atoms with E-state index in [9.17, 15) is 4.39 Å². The lowest BCUT2D eigenvalue weighted by molar-refractivity contribution is 0.270. The largest absolute Gasteiger partial charge is 0.497 e. The van der Waals surface area contributed by atoms with Gasteiger partial charge >= 0.3 is 0 Å². The summed E-state index contributed by atoms with van der Waals surface area (Å²) in [5.41, 5.74) is 1.05. The number of hydrogen-bond donors (Lipinski definition) is 1. The van der Waals surface area contributed by atoms with Gasteiger partial charge in [0.15, 0.2) is 23.4 Å². The molecular weight excluding hydrogens is 411 g/mol. The summed E-state index contributed by atoms with van der Waals surface area (Å²) in [4.78, 5) is 6.69. The monoisotopic (exact) mass is 440 g/mol. The third-order valence-corrected chi connectivity index (χ3v) is 5.04. The summed E-state index contributed by atoms with van der Waals surface area (Å²) in [5, 5.41) is 11.6. The van der Waals surface area contributed by atoms with E-state index >= 15 is 0 Å². The van der Waals surface area contributed by atoms with E-state index in [-0.39, 0.29) is 11.6 Å². The number of para-hydroxylation sites is 1. The Kier molecular flexibility index (Phi) is 8.02. The molecule has 8 nitrogen and oxygen atoms in total. The molecule has 1 N–H and O–H groups in total. The van der Waals surface area contributed by atoms with Gasteiger partial charge in [-0.25, -0.2) is 9.38 Å². The topological polar surface area (TPSA) is 76.8 Å². The van der Waals surface area contributed by atoms with Crippen molar-refractivity contribution in [3.63, 3.8) is 0 Å². The Labute approximate surface area is 187 Å². The standard InChI is InChI=1S/C23H29FN6O2/c1-17-27-28-22(30(17)3)16-26-23(25-15-18-9-11-19(31-4)12-10-18)29(2)13-14-32-21-8-6-5-7-20(21)24/h5-12H,13-16H2,1-4H3,(H,25,26). The smallest absolute Gasteiger partial charge is 0.194 e. The van der Waals surface area contributed by atoms with Gasteiger partial charge < -0.3 is 24.3 Å². The molecule has 0 radical (unpaired) electrons. The number of aryl methyl sites for hydroxylation is 1. The fourth-order valence-electron chi connectivity index (χ4n) is 2.93. The average Bonchev–Trinajstić information content (AvgIpc) is 3.13. The van der Waals surface area contributed by atoms with E-state index in [4.69, 9.17) is 14.5 Å². The second-order valence-electron chi connectivity index (χ2n) is 7.26. The van der Waals surface area contributed by atoms with Crippen LogP contribution in [0.3, 0.4) is 0 Å². The van der Waals surface area contributed by atoms with Crippen molar-refractivity contribution >= 4 is 5.96 Å². The summed E-state index contributed by atoms with van der Waals surface area (Å²) in [7, 11) is 5.47. The first kappa shape index (κ1) is 23.1. The highest BCUT2D eigenvalue weighted by atomic mass is 19.1. The number of likely N-dealkylation sites (N-methyl/N-ethyl adjacent to an activating group) is 1. The van der Waals surface area contributed by atoms with Crippen LogP contribution in [0.15, 0.2) is 53.5 Å². The van der Waals surface area contributed by atoms with Crippen LogP contribution in [0, 0.1) is 12.7 Å². The number of nitrogens with zero attached hydrogens (tertiary/aromatic N) is 5. The Hall–Kier alpha value is -3.62. The normalized spacial score (nSPS) is 11.3. The number of rotatable bonds is 9. The number of benzene rings is 2. The first-order valence-corrected chi connectivity index (χ1v) is 10.3. The lowest BCUT2D eigenvalue weighted by Gasteiger charge is -2.22. The first-order chi connectivity index (χ1) is 15.5. The molecule has 0 amide bonds. The maximum absolute atomic E-state index is 13.8. The van der Waals surface area contributed by atoms with Crippen LogP contribution in [0.1, 0.15) is 17.2 Å². The van der Waals surface area contributed by atoms with Crippen LogP contribution in [-0.2, 0) is 20.1 Å². The molecule has 3 rings (SSSR count). The minimum atomic E-state index is -0.376. The zero-order valence-corrected chi connectivity index (χ0v) is 18.9. The van der Waals surface area contributed by atoms with Gasteiger partial charge in [-0.15, -0.1) is 10.2 Å². The molecular formula is C23H29FN6O2. The van der Waals surface area contributed by atoms with Crippen molar-refractivity contribution in [3.05, 3.63) is 71.6 Å². The summed E-state index contributed by atoms with van der Waals surface area (Å²) in [5.74, 6) is 2.98. The fourth-order valence-corrected chi connectivity index (χ4v) is 2.93. The number of ether oxygens (including phenoxy) is 2. The number of halogens is 1. The maximum atomic E-state index is 13.8. The van der Waals surface area contributed by atoms with Crippen LogP contribution in [0.25, 0.3) is 0 Å². The molecule has 1 aromatic heterocycles. The van der Waals surface area contributed by atoms with E-state index in [1.54, 1.807) is 25.3 Å². The van der Waals surface area contributed by atoms with E-state index in [1.165, 1.54) is 6.07 Å². The fraction of sp³-hybridized carbons (Fsp3) is 0.348. The predicted molar refractivity (Wildman–Crippen MR) is 121 cm³/mol. The van der Waals surface area contributed by atoms with Crippen molar-refractivity contribution in [1.29, 1.82) is 0 Å². The highest BCUT2D eigenvalue weighted by molar-refractivity contribution is 5.79. The van der Waals surface area contributed by atoms with E-state index in [1.807, 2.05) is 54.8 Å². The quantitative estimate of drug-likeness (QED) is 0.407. The van der Waals surface area contributed by atoms with Crippen molar-refractivity contribution in [2.75, 3.05) is 27.3 Å². The molecule has 1 heterocycles. The van der Waals surface area contributed by atoms with Crippen molar-refractivity contribution in [2.45, 2.75) is 20.0 Å². The molecule has 0 aliphatic heterocycles. The van der Waals surface area contributed by atoms with Gasteiger partial charge in [-0.05, 0) is 36.8 Å². The second kappa shape index (κ2) is 11.1. The van der Waals surface area contributed by atoms with Crippen LogP contribution >= 0.6 is 0 Å². The number of aliphatic imine (C=N–C) groups is 1. The van der Waals surface area contributed by atoms with Crippen molar-refractivity contribution in [1.82, 2.24) is 25.0 Å². The zero-order chi connectivity index (χ0) is 22.9. The summed E-state index contributed by atoms with van der Waals surface area (Å²) >= 11 is 0. The van der Waals surface area contributed by atoms with Crippen molar-refractivity contribution in [3.8, 4) is 11.5 Å². The second-order valence-corrected chi connectivity index (χ2v) is 7.26. The van der Waals surface area contributed by atoms with Gasteiger partial charge in [0, 0.05) is 14.1 Å². The van der Waals surface area contributed by atoms with Crippen LogP contribution < -0.4 is 14.8 Å². The van der Waals surface area contributed by atoms with Gasteiger partial charge in [-0.1, -0.05) is 24.3 Å². The molecule has 0 fully saturated rings. The van der Waals surface area contributed by atoms with E-state index < -0.39 is 0 Å². The molecule has 32 heavy (non-hydrogen) atoms. The predicted octanol–water partition coefficient (Wildman–Crippen LogP) is 2.93. The SMILES string of the molecule is COc1ccc(CN=C(NCc2nnc(C)n2C)N(C)CCOc2ccccc2F)cc1. The van der Waals surface area contributed by atoms with Crippen LogP contribution in [0.4, 0.5) is 4.39 Å². The lowest BCUT2D eigenvalue weighted by atomic mass is 10.2. The third-order valence-electron chi connectivity index (χ3n) is 5.04. The molecule has 3 aromatic rings. The molecule has 0 aliphatic carbocycles. The number of nitrogens with one attached hydrogen (secondary N) is 1. The van der Waals surface area contributed by atoms with Gasteiger partial charge in [-0.3, -0.25) is 0 Å². The number of aromatic nitrogens is 3. The summed E-state index contributed by atoms with van der Waals surface area (Å²) in [6.45, 7) is 3.69. The van der Waals surface area contributed by atoms with E-state index in [0.717, 1.165) is 23.0 Å². The molecule has 0 unspecified atom stereocenters. The Morgan fingerprint density at radius 1 is 1.16 bits per heavy atom. The third kappa shape index (κ3) is 6.19. The van der Waals surface area contributed by atoms with Gasteiger partial charge in [-0.2, -0.15) is 0 Å². The van der Waals surface area contributed by atoms with Crippen molar-refractivity contribution < 1.29 is 13.9 Å². The van der Waals surface area contributed by atoms with Crippen LogP contribution in [-0.4, -0.2) is 52.9 Å². The molecule has 0 aliphatic rings. The Morgan fingerprint density at radius 3 is 2.56 bits per heavy atom. The summed E-state index contributed by atoms with van der Waals surface area (Å²) in [6.07, 6.45) is 0. The molecule has 2 aromatic carbocycles. The van der Waals surface area contributed by atoms with Crippen LogP contribution in [0.5, 0.6) is 11.5 Å². The number of methoxy groups -OCH3 is 1. The Bertz CT molecular complexity index is 1040. The first-order valence-electron chi connectivity index (χ1n) is 10.3. The minimum absolute atomic E-state index is 0.236. The van der Waals surface area contributed by atoms with Gasteiger partial charge in [0.25, 0.3) is 0 Å². The van der Waals surface area contributed by atoms with Gasteiger partial charge in [0.1, 0.15) is 18.2 Å². The lowest BCUT2D eigenvalue weighted by Crippen LogP contribution is -2.41. The Morgan fingerprint density at radius 2 is 1.91 bits per heavy atom. The molecule has 0 atom stereocenters. The highest BCUT2D eigenvalue weighted by Crippen LogP contribution is 2.15. The zero-order valence-electron chi connectivity index (χ0n) is 18.9. The highest BCUT2D eigenvalue weighted by Gasteiger charge is 2.11. The maximum Gasteiger partial charge on any atom is 0.194 e. The number of hydrogen-bond acceptors (Lipinski definition) is 5. The van der Waals surface area contributed by atoms with E-state index in [2.05, 4.69) is 15.5 Å². The summed E-state index contributed by atoms with van der Waals surface area (Å²) < 4.78 is 26.5. The van der Waals surface area contributed by atoms with E-state index in [0.29, 0.717) is 32.2 Å². The summed E-state index contributed by atoms with van der Waals surface area (Å²) in [6, 6.07) is 14.2. The minimum Gasteiger partial charge on any atom is -0.497 e. The molecule has 0 saturated carbocycles. The molecule has 9 heteroatoms. The average molecular weight is 441 g/mol. The molecule has 0 bridgehead atoms. The van der Waals surface area contributed by atoms with Gasteiger partial charge in [0.2, 0.25) is 0 Å². The molecule has 170 valence electrons. The van der Waals surface area contributed by atoms with Crippen molar-refractivity contribution in [2.24, 2.45) is 12.0 Å². The van der Waals surface area contributed by atoms with Crippen LogP contribution in [0.2, 0.25) is 0 Å². The molecule has 0 saturated heterocycles. The number of guanidine groups is 1.